The van der Waals surface area contributed by atoms with Crippen molar-refractivity contribution in [3.63, 3.8) is 0 Å². The molecule has 3 rings (SSSR count). The number of hydrogen-bond acceptors (Lipinski definition) is 6. The van der Waals surface area contributed by atoms with Gasteiger partial charge in [-0.15, -0.1) is 0 Å². The van der Waals surface area contributed by atoms with E-state index in [0.717, 1.165) is 0 Å². The highest BCUT2D eigenvalue weighted by Crippen LogP contribution is 2.41. The van der Waals surface area contributed by atoms with Crippen LogP contribution in [0.2, 0.25) is 0 Å². The van der Waals surface area contributed by atoms with Crippen LogP contribution in [0.1, 0.15) is 26.3 Å². The van der Waals surface area contributed by atoms with Crippen LogP contribution < -0.4 is 18.9 Å². The first kappa shape index (κ1) is 17.3. The summed E-state index contributed by atoms with van der Waals surface area (Å²) < 4.78 is 21.5. The van der Waals surface area contributed by atoms with Gasteiger partial charge in [0.15, 0.2) is 17.3 Å². The summed E-state index contributed by atoms with van der Waals surface area (Å²) in [5.41, 5.74) is 0.779. The highest BCUT2D eigenvalue weighted by atomic mass is 16.5. The Labute approximate surface area is 149 Å². The van der Waals surface area contributed by atoms with Gasteiger partial charge in [0.2, 0.25) is 11.5 Å². The number of hydrogen-bond donors (Lipinski definition) is 1. The fraction of sp³-hybridized carbons (Fsp3) is 0.158. The monoisotopic (exact) mass is 356 g/mol. The predicted octanol–water partition coefficient (Wildman–Crippen LogP) is 3.03. The van der Waals surface area contributed by atoms with Crippen LogP contribution >= 0.6 is 0 Å². The quantitative estimate of drug-likeness (QED) is 0.823. The third kappa shape index (κ3) is 2.83. The molecule has 0 fully saturated rings. The molecule has 0 unspecified atom stereocenters. The van der Waals surface area contributed by atoms with Crippen LogP contribution in [0, 0.1) is 0 Å². The average molecular weight is 356 g/mol. The van der Waals surface area contributed by atoms with Crippen LogP contribution in [0.5, 0.6) is 23.0 Å². The Morgan fingerprint density at radius 1 is 1.04 bits per heavy atom. The van der Waals surface area contributed by atoms with E-state index in [4.69, 9.17) is 24.1 Å². The molecule has 0 atom stereocenters. The summed E-state index contributed by atoms with van der Waals surface area (Å²) in [5, 5.41) is 9.07. The zero-order chi connectivity index (χ0) is 18.8. The lowest BCUT2D eigenvalue weighted by atomic mass is 10.1. The molecule has 0 saturated heterocycles. The van der Waals surface area contributed by atoms with E-state index < -0.39 is 11.8 Å². The number of fused-ring (bicyclic) bond motifs is 1. The molecule has 7 nitrogen and oxygen atoms in total. The molecule has 1 aliphatic rings. The van der Waals surface area contributed by atoms with E-state index in [-0.39, 0.29) is 16.9 Å². The van der Waals surface area contributed by atoms with Gasteiger partial charge in [-0.05, 0) is 36.4 Å². The first-order valence-corrected chi connectivity index (χ1v) is 7.60. The highest BCUT2D eigenvalue weighted by Gasteiger charge is 2.29. The van der Waals surface area contributed by atoms with Crippen LogP contribution in [0.25, 0.3) is 6.08 Å². The van der Waals surface area contributed by atoms with E-state index in [1.54, 1.807) is 12.1 Å². The minimum absolute atomic E-state index is 0.0191. The molecule has 1 heterocycles. The number of rotatable bonds is 5. The van der Waals surface area contributed by atoms with Crippen LogP contribution in [0.3, 0.4) is 0 Å². The number of ketones is 1. The first-order chi connectivity index (χ1) is 12.5. The van der Waals surface area contributed by atoms with Gasteiger partial charge in [-0.2, -0.15) is 0 Å². The summed E-state index contributed by atoms with van der Waals surface area (Å²) in [4.78, 5) is 23.7. The second-order valence-corrected chi connectivity index (χ2v) is 5.38. The van der Waals surface area contributed by atoms with Gasteiger partial charge in [-0.1, -0.05) is 0 Å². The largest absolute Gasteiger partial charge is 0.493 e. The minimum atomic E-state index is -1.11. The molecule has 2 aromatic rings. The number of Topliss-reactive ketones (excluding diaryl/α,β-unsaturated/α-hetero) is 1. The van der Waals surface area contributed by atoms with E-state index in [1.165, 1.54) is 45.6 Å². The Morgan fingerprint density at radius 3 is 2.38 bits per heavy atom. The number of carbonyl (C=O) groups is 2. The van der Waals surface area contributed by atoms with Crippen molar-refractivity contribution in [3.05, 3.63) is 52.8 Å². The van der Waals surface area contributed by atoms with Crippen molar-refractivity contribution in [1.29, 1.82) is 0 Å². The Morgan fingerprint density at radius 2 is 1.77 bits per heavy atom. The van der Waals surface area contributed by atoms with Crippen molar-refractivity contribution in [2.75, 3.05) is 21.3 Å². The van der Waals surface area contributed by atoms with Crippen LogP contribution in [0.4, 0.5) is 0 Å². The van der Waals surface area contributed by atoms with Gasteiger partial charge < -0.3 is 24.1 Å². The molecular formula is C19H16O7. The van der Waals surface area contributed by atoms with Crippen molar-refractivity contribution in [3.8, 4) is 23.0 Å². The Kier molecular flexibility index (Phi) is 4.53. The number of ether oxygens (including phenoxy) is 4. The van der Waals surface area contributed by atoms with Crippen LogP contribution in [-0.4, -0.2) is 38.2 Å². The number of aromatic carboxylic acids is 1. The molecule has 1 N–H and O–H groups in total. The van der Waals surface area contributed by atoms with Crippen molar-refractivity contribution >= 4 is 17.8 Å². The molecular weight excluding hydrogens is 340 g/mol. The lowest BCUT2D eigenvalue weighted by Crippen LogP contribution is -2.01. The van der Waals surface area contributed by atoms with E-state index in [2.05, 4.69) is 0 Å². The summed E-state index contributed by atoms with van der Waals surface area (Å²) in [6.45, 7) is 0. The van der Waals surface area contributed by atoms with Gasteiger partial charge >= 0.3 is 5.97 Å². The van der Waals surface area contributed by atoms with E-state index in [0.29, 0.717) is 28.6 Å². The minimum Gasteiger partial charge on any atom is -0.493 e. The topological polar surface area (TPSA) is 91.3 Å². The normalized spacial score (nSPS) is 14.0. The lowest BCUT2D eigenvalue weighted by molar-refractivity contribution is 0.0697. The third-order valence-electron chi connectivity index (χ3n) is 3.94. The summed E-state index contributed by atoms with van der Waals surface area (Å²) >= 11 is 0. The zero-order valence-electron chi connectivity index (χ0n) is 14.4. The molecule has 26 heavy (non-hydrogen) atoms. The number of methoxy groups -OCH3 is 3. The van der Waals surface area contributed by atoms with E-state index >= 15 is 0 Å². The summed E-state index contributed by atoms with van der Waals surface area (Å²) in [5.74, 6) is 0.122. The molecule has 0 spiro atoms. The first-order valence-electron chi connectivity index (χ1n) is 7.60. The zero-order valence-corrected chi connectivity index (χ0v) is 14.4. The van der Waals surface area contributed by atoms with Gasteiger partial charge in [0.05, 0.1) is 32.5 Å². The van der Waals surface area contributed by atoms with Crippen molar-refractivity contribution in [2.45, 2.75) is 0 Å². The molecule has 0 saturated carbocycles. The van der Waals surface area contributed by atoms with E-state index in [1.807, 2.05) is 0 Å². The highest BCUT2D eigenvalue weighted by molar-refractivity contribution is 6.15. The molecule has 0 amide bonds. The van der Waals surface area contributed by atoms with Gasteiger partial charge in [-0.25, -0.2) is 4.79 Å². The molecule has 0 radical (unpaired) electrons. The van der Waals surface area contributed by atoms with E-state index in [9.17, 15) is 9.59 Å². The molecule has 0 bridgehead atoms. The van der Waals surface area contributed by atoms with Crippen molar-refractivity contribution in [2.24, 2.45) is 0 Å². The summed E-state index contributed by atoms with van der Waals surface area (Å²) in [6, 6.07) is 7.53. The third-order valence-corrected chi connectivity index (χ3v) is 3.94. The SMILES string of the molecule is COc1ccc(C=C2Oc3ccc(C(=O)O)cc3C2=O)c(OC)c1OC. The van der Waals surface area contributed by atoms with Crippen molar-refractivity contribution in [1.82, 2.24) is 0 Å². The summed E-state index contributed by atoms with van der Waals surface area (Å²) in [6.07, 6.45) is 1.52. The molecule has 134 valence electrons. The maximum Gasteiger partial charge on any atom is 0.335 e. The smallest absolute Gasteiger partial charge is 0.335 e. The Bertz CT molecular complexity index is 928. The predicted molar refractivity (Wildman–Crippen MR) is 92.4 cm³/mol. The number of benzene rings is 2. The average Bonchev–Trinajstić information content (AvgIpc) is 2.96. The summed E-state index contributed by atoms with van der Waals surface area (Å²) in [7, 11) is 4.47. The lowest BCUT2D eigenvalue weighted by Gasteiger charge is -2.14. The molecule has 0 aromatic heterocycles. The maximum absolute atomic E-state index is 12.6. The van der Waals surface area contributed by atoms with Gasteiger partial charge in [0.1, 0.15) is 5.75 Å². The van der Waals surface area contributed by atoms with Gasteiger partial charge in [-0.3, -0.25) is 4.79 Å². The molecule has 7 heteroatoms. The van der Waals surface area contributed by atoms with Crippen LogP contribution in [0.15, 0.2) is 36.1 Å². The standard InChI is InChI=1S/C19H16O7/c1-23-14-7-4-10(17(24-2)18(14)25-3)9-15-16(20)12-8-11(19(21)22)5-6-13(12)26-15/h4-9H,1-3H3,(H,21,22). The maximum atomic E-state index is 12.6. The fourth-order valence-corrected chi connectivity index (χ4v) is 2.70. The fourth-order valence-electron chi connectivity index (χ4n) is 2.70. The second-order valence-electron chi connectivity index (χ2n) is 5.38. The molecule has 1 aliphatic heterocycles. The van der Waals surface area contributed by atoms with Gasteiger partial charge in [0, 0.05) is 5.56 Å². The second kappa shape index (κ2) is 6.79. The Hall–Kier alpha value is -3.48. The van der Waals surface area contributed by atoms with Crippen molar-refractivity contribution < 1.29 is 33.6 Å². The number of carbonyl (C=O) groups excluding carboxylic acids is 1. The van der Waals surface area contributed by atoms with Crippen LogP contribution in [-0.2, 0) is 0 Å². The number of allylic oxidation sites excluding steroid dienone is 1. The molecule has 2 aromatic carbocycles. The Balaban J connectivity index is 2.04. The molecule has 0 aliphatic carbocycles. The number of carboxylic acids is 1. The number of carboxylic acid groups (broad SMARTS) is 1. The van der Waals surface area contributed by atoms with Gasteiger partial charge in [0.25, 0.3) is 0 Å².